The molecule has 0 fully saturated rings. The van der Waals surface area contributed by atoms with Gasteiger partial charge in [0.1, 0.15) is 5.82 Å². The van der Waals surface area contributed by atoms with Gasteiger partial charge in [0.2, 0.25) is 5.91 Å². The third-order valence-electron chi connectivity index (χ3n) is 3.25. The number of rotatable bonds is 5. The van der Waals surface area contributed by atoms with Crippen LogP contribution in [0.2, 0.25) is 5.02 Å². The highest BCUT2D eigenvalue weighted by molar-refractivity contribution is 6.30. The lowest BCUT2D eigenvalue weighted by Gasteiger charge is -2.17. The smallest absolute Gasteiger partial charge is 0.254 e. The highest BCUT2D eigenvalue weighted by atomic mass is 35.5. The predicted molar refractivity (Wildman–Crippen MR) is 86.7 cm³/mol. The largest absolute Gasteiger partial charge is 0.343 e. The number of amides is 2. The van der Waals surface area contributed by atoms with E-state index < -0.39 is 11.7 Å². The van der Waals surface area contributed by atoms with Crippen LogP contribution < -0.4 is 5.32 Å². The van der Waals surface area contributed by atoms with Crippen molar-refractivity contribution >= 4 is 23.4 Å². The molecule has 0 bridgehead atoms. The van der Waals surface area contributed by atoms with Crippen LogP contribution in [0.25, 0.3) is 0 Å². The SMILES string of the molecule is CN(Cc1cccc(Cl)c1)C(=O)CNC(=O)c1ccccc1F. The number of carbonyl (C=O) groups excluding carboxylic acids is 2. The summed E-state index contributed by atoms with van der Waals surface area (Å²) in [5.74, 6) is -1.52. The van der Waals surface area contributed by atoms with Crippen LogP contribution in [0.3, 0.4) is 0 Å². The topological polar surface area (TPSA) is 49.4 Å². The van der Waals surface area contributed by atoms with E-state index in [1.54, 1.807) is 31.3 Å². The minimum Gasteiger partial charge on any atom is -0.343 e. The van der Waals surface area contributed by atoms with Crippen LogP contribution >= 0.6 is 11.6 Å². The van der Waals surface area contributed by atoms with Gasteiger partial charge >= 0.3 is 0 Å². The summed E-state index contributed by atoms with van der Waals surface area (Å²) in [5.41, 5.74) is 0.798. The fraction of sp³-hybridized carbons (Fsp3) is 0.176. The molecule has 2 rings (SSSR count). The molecule has 6 heteroatoms. The molecule has 0 aliphatic heterocycles. The van der Waals surface area contributed by atoms with Gasteiger partial charge in [-0.15, -0.1) is 0 Å². The Morgan fingerprint density at radius 2 is 1.91 bits per heavy atom. The van der Waals surface area contributed by atoms with Gasteiger partial charge in [-0.3, -0.25) is 9.59 Å². The minimum absolute atomic E-state index is 0.0854. The van der Waals surface area contributed by atoms with Crippen molar-refractivity contribution in [3.8, 4) is 0 Å². The fourth-order valence-electron chi connectivity index (χ4n) is 2.03. The van der Waals surface area contributed by atoms with E-state index in [1.807, 2.05) is 6.07 Å². The van der Waals surface area contributed by atoms with Gasteiger partial charge in [-0.2, -0.15) is 0 Å². The molecule has 0 aliphatic rings. The Morgan fingerprint density at radius 3 is 2.61 bits per heavy atom. The van der Waals surface area contributed by atoms with Crippen LogP contribution in [-0.2, 0) is 11.3 Å². The van der Waals surface area contributed by atoms with Crippen molar-refractivity contribution in [3.63, 3.8) is 0 Å². The van der Waals surface area contributed by atoms with Gasteiger partial charge in [-0.05, 0) is 29.8 Å². The highest BCUT2D eigenvalue weighted by Gasteiger charge is 2.14. The first kappa shape index (κ1) is 17.0. The quantitative estimate of drug-likeness (QED) is 0.914. The number of halogens is 2. The van der Waals surface area contributed by atoms with Gasteiger partial charge in [-0.25, -0.2) is 4.39 Å². The molecule has 0 radical (unpaired) electrons. The summed E-state index contributed by atoms with van der Waals surface area (Å²) in [6, 6.07) is 12.8. The van der Waals surface area contributed by atoms with Crippen LogP contribution in [-0.4, -0.2) is 30.3 Å². The molecular formula is C17H16ClFN2O2. The molecule has 2 aromatic rings. The maximum atomic E-state index is 13.5. The Balaban J connectivity index is 1.89. The second-order valence-corrected chi connectivity index (χ2v) is 5.48. The third kappa shape index (κ3) is 4.79. The molecule has 2 aromatic carbocycles. The van der Waals surface area contributed by atoms with Gasteiger partial charge in [-0.1, -0.05) is 35.9 Å². The fourth-order valence-corrected chi connectivity index (χ4v) is 2.24. The second kappa shape index (κ2) is 7.74. The summed E-state index contributed by atoms with van der Waals surface area (Å²) in [6.07, 6.45) is 0. The van der Waals surface area contributed by atoms with Crippen molar-refractivity contribution in [1.29, 1.82) is 0 Å². The molecule has 4 nitrogen and oxygen atoms in total. The van der Waals surface area contributed by atoms with E-state index in [1.165, 1.54) is 23.1 Å². The zero-order valence-corrected chi connectivity index (χ0v) is 13.3. The molecule has 0 unspecified atom stereocenters. The monoisotopic (exact) mass is 334 g/mol. The summed E-state index contributed by atoms with van der Waals surface area (Å²) < 4.78 is 13.5. The van der Waals surface area contributed by atoms with E-state index in [0.717, 1.165) is 5.56 Å². The van der Waals surface area contributed by atoms with Crippen molar-refractivity contribution in [2.75, 3.05) is 13.6 Å². The molecule has 0 saturated carbocycles. The molecule has 0 spiro atoms. The van der Waals surface area contributed by atoms with Crippen molar-refractivity contribution in [1.82, 2.24) is 10.2 Å². The number of benzene rings is 2. The highest BCUT2D eigenvalue weighted by Crippen LogP contribution is 2.12. The van der Waals surface area contributed by atoms with Crippen LogP contribution in [0, 0.1) is 5.82 Å². The first-order valence-electron chi connectivity index (χ1n) is 6.98. The summed E-state index contributed by atoms with van der Waals surface area (Å²) in [7, 11) is 1.62. The number of hydrogen-bond donors (Lipinski definition) is 1. The predicted octanol–water partition coefficient (Wildman–Crippen LogP) is 2.87. The van der Waals surface area contributed by atoms with E-state index in [0.29, 0.717) is 11.6 Å². The average molecular weight is 335 g/mol. The first-order chi connectivity index (χ1) is 11.0. The third-order valence-corrected chi connectivity index (χ3v) is 3.49. The van der Waals surface area contributed by atoms with Gasteiger partial charge in [0.05, 0.1) is 12.1 Å². The van der Waals surface area contributed by atoms with Crippen LogP contribution in [0.5, 0.6) is 0 Å². The lowest BCUT2D eigenvalue weighted by Crippen LogP contribution is -2.38. The molecule has 23 heavy (non-hydrogen) atoms. The van der Waals surface area contributed by atoms with Gasteiger partial charge in [0.25, 0.3) is 5.91 Å². The summed E-state index contributed by atoms with van der Waals surface area (Å²) in [4.78, 5) is 25.4. The Hall–Kier alpha value is -2.40. The molecule has 0 heterocycles. The van der Waals surface area contributed by atoms with Gasteiger partial charge < -0.3 is 10.2 Å². The summed E-state index contributed by atoms with van der Waals surface area (Å²) in [5, 5.41) is 3.02. The van der Waals surface area contributed by atoms with Crippen molar-refractivity contribution in [3.05, 3.63) is 70.5 Å². The second-order valence-electron chi connectivity index (χ2n) is 5.04. The lowest BCUT2D eigenvalue weighted by atomic mass is 10.2. The molecule has 120 valence electrons. The Morgan fingerprint density at radius 1 is 1.17 bits per heavy atom. The lowest BCUT2D eigenvalue weighted by molar-refractivity contribution is -0.129. The number of likely N-dealkylation sites (N-methyl/N-ethyl adjacent to an activating group) is 1. The molecule has 0 aliphatic carbocycles. The Labute approximate surface area is 138 Å². The van der Waals surface area contributed by atoms with E-state index in [2.05, 4.69) is 5.32 Å². The summed E-state index contributed by atoms with van der Waals surface area (Å²) >= 11 is 5.90. The Bertz CT molecular complexity index is 721. The number of nitrogens with one attached hydrogen (secondary N) is 1. The maximum absolute atomic E-state index is 13.5. The average Bonchev–Trinajstić information content (AvgIpc) is 2.52. The first-order valence-corrected chi connectivity index (χ1v) is 7.36. The van der Waals surface area contributed by atoms with Gasteiger partial charge in [0, 0.05) is 18.6 Å². The minimum atomic E-state index is -0.621. The maximum Gasteiger partial charge on any atom is 0.254 e. The van der Waals surface area contributed by atoms with Crippen molar-refractivity contribution in [2.24, 2.45) is 0 Å². The summed E-state index contributed by atoms with van der Waals surface area (Å²) in [6.45, 7) is 0.166. The molecule has 0 saturated heterocycles. The van der Waals surface area contributed by atoms with E-state index in [-0.39, 0.29) is 18.0 Å². The zero-order valence-electron chi connectivity index (χ0n) is 12.6. The normalized spacial score (nSPS) is 10.2. The van der Waals surface area contributed by atoms with E-state index in [9.17, 15) is 14.0 Å². The van der Waals surface area contributed by atoms with Crippen LogP contribution in [0.1, 0.15) is 15.9 Å². The molecule has 0 atom stereocenters. The number of nitrogens with zero attached hydrogens (tertiary/aromatic N) is 1. The van der Waals surface area contributed by atoms with Crippen LogP contribution in [0.4, 0.5) is 4.39 Å². The van der Waals surface area contributed by atoms with Crippen molar-refractivity contribution in [2.45, 2.75) is 6.54 Å². The zero-order chi connectivity index (χ0) is 16.8. The molecule has 1 N–H and O–H groups in total. The Kier molecular flexibility index (Phi) is 5.71. The number of carbonyl (C=O) groups is 2. The van der Waals surface area contributed by atoms with Gasteiger partial charge in [0.15, 0.2) is 0 Å². The van der Waals surface area contributed by atoms with E-state index >= 15 is 0 Å². The van der Waals surface area contributed by atoms with Crippen LogP contribution in [0.15, 0.2) is 48.5 Å². The van der Waals surface area contributed by atoms with E-state index in [4.69, 9.17) is 11.6 Å². The molecule has 2 amide bonds. The van der Waals surface area contributed by atoms with Crippen molar-refractivity contribution < 1.29 is 14.0 Å². The standard InChI is InChI=1S/C17H16ClFN2O2/c1-21(11-12-5-4-6-13(18)9-12)16(22)10-20-17(23)14-7-2-3-8-15(14)19/h2-9H,10-11H2,1H3,(H,20,23). The molecular weight excluding hydrogens is 319 g/mol. The molecule has 0 aromatic heterocycles. The number of hydrogen-bond acceptors (Lipinski definition) is 2.